The zero-order valence-corrected chi connectivity index (χ0v) is 12.8. The third kappa shape index (κ3) is 3.22. The summed E-state index contributed by atoms with van der Waals surface area (Å²) in [5, 5.41) is 0. The van der Waals surface area contributed by atoms with E-state index in [2.05, 4.69) is 25.9 Å². The van der Waals surface area contributed by atoms with Gasteiger partial charge in [-0.15, -0.1) is 0 Å². The molecule has 0 aliphatic carbocycles. The highest BCUT2D eigenvalue weighted by Crippen LogP contribution is 2.28. The Morgan fingerprint density at radius 1 is 1.42 bits per heavy atom. The predicted octanol–water partition coefficient (Wildman–Crippen LogP) is 1.64. The van der Waals surface area contributed by atoms with Gasteiger partial charge in [0, 0.05) is 12.4 Å². The van der Waals surface area contributed by atoms with Gasteiger partial charge in [-0.3, -0.25) is 0 Å². The predicted molar refractivity (Wildman–Crippen MR) is 73.4 cm³/mol. The molecule has 104 valence electrons. The lowest BCUT2D eigenvalue weighted by Gasteiger charge is -2.46. The number of carbonyl (C=O) groups excluding carboxylic acids is 1. The van der Waals surface area contributed by atoms with E-state index in [1.165, 1.54) is 0 Å². The fraction of sp³-hybridized carbons (Fsp3) is 0.583. The first kappa shape index (κ1) is 14.2. The summed E-state index contributed by atoms with van der Waals surface area (Å²) in [6.45, 7) is 6.22. The molecule has 0 saturated carbocycles. The van der Waals surface area contributed by atoms with Gasteiger partial charge in [0.2, 0.25) is 0 Å². The maximum atomic E-state index is 11.8. The number of aromatic nitrogens is 2. The smallest absolute Gasteiger partial charge is 0.410 e. The van der Waals surface area contributed by atoms with Crippen LogP contribution in [0, 0.1) is 0 Å². The second-order valence-corrected chi connectivity index (χ2v) is 6.63. The van der Waals surface area contributed by atoms with Gasteiger partial charge in [-0.1, -0.05) is 0 Å². The molecule has 1 amide bonds. The molecular weight excluding hydrogens is 312 g/mol. The van der Waals surface area contributed by atoms with Crippen LogP contribution in [-0.4, -0.2) is 39.7 Å². The van der Waals surface area contributed by atoms with Crippen molar-refractivity contribution in [2.75, 3.05) is 13.1 Å². The summed E-state index contributed by atoms with van der Waals surface area (Å²) < 4.78 is 6.07. The SMILES string of the molecule is CC(C)(C)OC(=O)N1CC(N)(c2ncc(Br)cn2)C1. The van der Waals surface area contributed by atoms with E-state index in [9.17, 15) is 4.79 Å². The van der Waals surface area contributed by atoms with E-state index in [1.54, 1.807) is 17.3 Å². The summed E-state index contributed by atoms with van der Waals surface area (Å²) in [5.41, 5.74) is 4.99. The maximum absolute atomic E-state index is 11.8. The van der Waals surface area contributed by atoms with E-state index in [1.807, 2.05) is 20.8 Å². The van der Waals surface area contributed by atoms with E-state index in [-0.39, 0.29) is 6.09 Å². The first-order valence-electron chi connectivity index (χ1n) is 5.94. The zero-order valence-electron chi connectivity index (χ0n) is 11.2. The Morgan fingerprint density at radius 3 is 2.42 bits per heavy atom. The van der Waals surface area contributed by atoms with Crippen LogP contribution < -0.4 is 5.73 Å². The lowest BCUT2D eigenvalue weighted by Crippen LogP contribution is -2.67. The van der Waals surface area contributed by atoms with Gasteiger partial charge >= 0.3 is 6.09 Å². The molecule has 0 bridgehead atoms. The molecule has 2 heterocycles. The third-order valence-corrected chi connectivity index (χ3v) is 3.07. The number of rotatable bonds is 1. The van der Waals surface area contributed by atoms with Crippen LogP contribution >= 0.6 is 15.9 Å². The van der Waals surface area contributed by atoms with Crippen LogP contribution in [0.1, 0.15) is 26.6 Å². The first-order chi connectivity index (χ1) is 8.70. The van der Waals surface area contributed by atoms with E-state index >= 15 is 0 Å². The Balaban J connectivity index is 1.98. The number of hydrogen-bond donors (Lipinski definition) is 1. The van der Waals surface area contributed by atoms with Crippen LogP contribution in [0.15, 0.2) is 16.9 Å². The summed E-state index contributed by atoms with van der Waals surface area (Å²) in [6, 6.07) is 0. The summed E-state index contributed by atoms with van der Waals surface area (Å²) in [5.74, 6) is 0.538. The van der Waals surface area contributed by atoms with Crippen LogP contribution in [0.5, 0.6) is 0 Å². The van der Waals surface area contributed by atoms with Crippen molar-refractivity contribution in [3.63, 3.8) is 0 Å². The monoisotopic (exact) mass is 328 g/mol. The lowest BCUT2D eigenvalue weighted by molar-refractivity contribution is -0.0105. The molecule has 7 heteroatoms. The standard InChI is InChI=1S/C12H17BrN4O2/c1-11(2,3)19-10(18)17-6-12(14,7-17)9-15-4-8(13)5-16-9/h4-5H,6-7,14H2,1-3H3. The van der Waals surface area contributed by atoms with Gasteiger partial charge in [-0.2, -0.15) is 0 Å². The third-order valence-electron chi connectivity index (χ3n) is 2.66. The maximum Gasteiger partial charge on any atom is 0.410 e. The summed E-state index contributed by atoms with van der Waals surface area (Å²) in [6.07, 6.45) is 2.94. The fourth-order valence-electron chi connectivity index (χ4n) is 1.80. The molecule has 1 aromatic rings. The Morgan fingerprint density at radius 2 is 1.95 bits per heavy atom. The Hall–Kier alpha value is -1.21. The topological polar surface area (TPSA) is 81.3 Å². The van der Waals surface area contributed by atoms with Crippen molar-refractivity contribution < 1.29 is 9.53 Å². The first-order valence-corrected chi connectivity index (χ1v) is 6.74. The van der Waals surface area contributed by atoms with Crippen molar-refractivity contribution in [1.82, 2.24) is 14.9 Å². The van der Waals surface area contributed by atoms with Crippen molar-refractivity contribution in [2.24, 2.45) is 5.73 Å². The summed E-state index contributed by atoms with van der Waals surface area (Å²) in [4.78, 5) is 21.7. The molecule has 1 aliphatic heterocycles. The largest absolute Gasteiger partial charge is 0.444 e. The molecule has 1 saturated heterocycles. The molecule has 1 aromatic heterocycles. The van der Waals surface area contributed by atoms with Gasteiger partial charge in [0.15, 0.2) is 5.82 Å². The normalized spacial score (nSPS) is 17.8. The molecule has 0 aromatic carbocycles. The summed E-state index contributed by atoms with van der Waals surface area (Å²) >= 11 is 3.27. The molecule has 0 radical (unpaired) electrons. The highest BCUT2D eigenvalue weighted by Gasteiger charge is 2.47. The van der Waals surface area contributed by atoms with Crippen LogP contribution in [0.3, 0.4) is 0 Å². The van der Waals surface area contributed by atoms with Crippen LogP contribution in [0.25, 0.3) is 0 Å². The van der Waals surface area contributed by atoms with E-state index in [0.717, 1.165) is 4.47 Å². The molecular formula is C12H17BrN4O2. The molecule has 0 spiro atoms. The van der Waals surface area contributed by atoms with Crippen LogP contribution in [0.4, 0.5) is 4.79 Å². The van der Waals surface area contributed by atoms with E-state index in [0.29, 0.717) is 18.9 Å². The second kappa shape index (κ2) is 4.72. The van der Waals surface area contributed by atoms with E-state index in [4.69, 9.17) is 10.5 Å². The molecule has 0 atom stereocenters. The average molecular weight is 329 g/mol. The van der Waals surface area contributed by atoms with Gasteiger partial charge in [-0.05, 0) is 36.7 Å². The number of nitrogens with zero attached hydrogens (tertiary/aromatic N) is 3. The van der Waals surface area contributed by atoms with Crippen molar-refractivity contribution in [3.8, 4) is 0 Å². The van der Waals surface area contributed by atoms with Crippen molar-refractivity contribution in [3.05, 3.63) is 22.7 Å². The van der Waals surface area contributed by atoms with E-state index < -0.39 is 11.1 Å². The lowest BCUT2D eigenvalue weighted by atomic mass is 9.90. The number of likely N-dealkylation sites (tertiary alicyclic amines) is 1. The fourth-order valence-corrected chi connectivity index (χ4v) is 2.01. The van der Waals surface area contributed by atoms with Crippen LogP contribution in [0.2, 0.25) is 0 Å². The van der Waals surface area contributed by atoms with Crippen molar-refractivity contribution in [1.29, 1.82) is 0 Å². The molecule has 1 aliphatic rings. The van der Waals surface area contributed by atoms with Crippen molar-refractivity contribution in [2.45, 2.75) is 31.9 Å². The quantitative estimate of drug-likeness (QED) is 0.847. The van der Waals surface area contributed by atoms with Crippen LogP contribution in [-0.2, 0) is 10.3 Å². The molecule has 0 unspecified atom stereocenters. The Labute approximate surface area is 120 Å². The molecule has 6 nitrogen and oxygen atoms in total. The number of amides is 1. The molecule has 2 rings (SSSR count). The summed E-state index contributed by atoms with van der Waals surface area (Å²) in [7, 11) is 0. The molecule has 19 heavy (non-hydrogen) atoms. The minimum Gasteiger partial charge on any atom is -0.444 e. The number of ether oxygens (including phenoxy) is 1. The molecule has 2 N–H and O–H groups in total. The number of carbonyl (C=O) groups is 1. The number of hydrogen-bond acceptors (Lipinski definition) is 5. The van der Waals surface area contributed by atoms with Gasteiger partial charge in [-0.25, -0.2) is 14.8 Å². The Bertz CT molecular complexity index is 477. The minimum absolute atomic E-state index is 0.356. The zero-order chi connectivity index (χ0) is 14.3. The average Bonchev–Trinajstić information content (AvgIpc) is 2.23. The number of halogens is 1. The van der Waals surface area contributed by atoms with Gasteiger partial charge in [0.25, 0.3) is 0 Å². The second-order valence-electron chi connectivity index (χ2n) is 5.72. The highest BCUT2D eigenvalue weighted by atomic mass is 79.9. The minimum atomic E-state index is -0.683. The van der Waals surface area contributed by atoms with Crippen molar-refractivity contribution >= 4 is 22.0 Å². The Kier molecular flexibility index (Phi) is 3.53. The highest BCUT2D eigenvalue weighted by molar-refractivity contribution is 9.10. The van der Waals surface area contributed by atoms with Gasteiger partial charge in [0.1, 0.15) is 11.1 Å². The van der Waals surface area contributed by atoms with Gasteiger partial charge in [0.05, 0.1) is 17.6 Å². The molecule has 1 fully saturated rings. The van der Waals surface area contributed by atoms with Gasteiger partial charge < -0.3 is 15.4 Å². The number of nitrogens with two attached hydrogens (primary N) is 1.